The molecule has 0 bridgehead atoms. The predicted octanol–water partition coefficient (Wildman–Crippen LogP) is 3.61. The van der Waals surface area contributed by atoms with Gasteiger partial charge in [0.1, 0.15) is 0 Å². The molecule has 0 aliphatic carbocycles. The van der Waals surface area contributed by atoms with E-state index in [1.165, 1.54) is 25.7 Å². The SMILES string of the molecule is CCCCCCCCCCOC(=O)CC(O)(CC(=O)OCCCC)C(=O)O. The normalized spacial score (nSPS) is 13.0. The summed E-state index contributed by atoms with van der Waals surface area (Å²) in [7, 11) is 0. The van der Waals surface area contributed by atoms with Crippen molar-refractivity contribution in [3.63, 3.8) is 0 Å². The van der Waals surface area contributed by atoms with Crippen LogP contribution in [0.25, 0.3) is 0 Å². The summed E-state index contributed by atoms with van der Waals surface area (Å²) in [5, 5.41) is 19.3. The molecule has 158 valence electrons. The number of hydrogen-bond acceptors (Lipinski definition) is 6. The summed E-state index contributed by atoms with van der Waals surface area (Å²) in [6, 6.07) is 0. The molecule has 27 heavy (non-hydrogen) atoms. The number of aliphatic carboxylic acids is 1. The first-order valence-electron chi connectivity index (χ1n) is 10.1. The van der Waals surface area contributed by atoms with Gasteiger partial charge in [-0.05, 0) is 12.8 Å². The van der Waals surface area contributed by atoms with Gasteiger partial charge in [-0.15, -0.1) is 0 Å². The van der Waals surface area contributed by atoms with Crippen molar-refractivity contribution in [1.29, 1.82) is 0 Å². The fourth-order valence-corrected chi connectivity index (χ4v) is 2.55. The second-order valence-electron chi connectivity index (χ2n) is 6.96. The van der Waals surface area contributed by atoms with Crippen LogP contribution in [0.3, 0.4) is 0 Å². The van der Waals surface area contributed by atoms with Crippen molar-refractivity contribution in [2.45, 2.75) is 96.5 Å². The molecular weight excluding hydrogens is 352 g/mol. The topological polar surface area (TPSA) is 110 Å². The average molecular weight is 389 g/mol. The fourth-order valence-electron chi connectivity index (χ4n) is 2.55. The largest absolute Gasteiger partial charge is 0.479 e. The molecule has 0 amide bonds. The molecule has 7 nitrogen and oxygen atoms in total. The molecule has 0 aromatic carbocycles. The van der Waals surface area contributed by atoms with Gasteiger partial charge in [0.05, 0.1) is 26.1 Å². The number of hydrogen-bond donors (Lipinski definition) is 2. The van der Waals surface area contributed by atoms with Crippen LogP contribution in [0.1, 0.15) is 90.9 Å². The molecule has 0 aromatic rings. The van der Waals surface area contributed by atoms with Crippen molar-refractivity contribution in [2.24, 2.45) is 0 Å². The monoisotopic (exact) mass is 388 g/mol. The van der Waals surface area contributed by atoms with E-state index in [-0.39, 0.29) is 13.2 Å². The van der Waals surface area contributed by atoms with Crippen LogP contribution in [0.15, 0.2) is 0 Å². The van der Waals surface area contributed by atoms with Crippen LogP contribution in [-0.4, -0.2) is 46.9 Å². The molecular formula is C20H36O7. The fraction of sp³-hybridized carbons (Fsp3) is 0.850. The Morgan fingerprint density at radius 3 is 1.56 bits per heavy atom. The van der Waals surface area contributed by atoms with Gasteiger partial charge in [-0.3, -0.25) is 9.59 Å². The molecule has 1 atom stereocenters. The standard InChI is InChI=1S/C20H36O7/c1-3-5-7-8-9-10-11-12-14-27-18(22)16-20(25,19(23)24)15-17(21)26-13-6-4-2/h25H,3-16H2,1-2H3,(H,23,24). The third-order valence-corrected chi connectivity index (χ3v) is 4.29. The van der Waals surface area contributed by atoms with Crippen molar-refractivity contribution >= 4 is 17.9 Å². The highest BCUT2D eigenvalue weighted by Gasteiger charge is 2.41. The second kappa shape index (κ2) is 15.4. The first kappa shape index (κ1) is 25.4. The molecule has 0 saturated heterocycles. The van der Waals surface area contributed by atoms with Crippen molar-refractivity contribution in [3.8, 4) is 0 Å². The maximum Gasteiger partial charge on any atom is 0.336 e. The summed E-state index contributed by atoms with van der Waals surface area (Å²) < 4.78 is 9.85. The van der Waals surface area contributed by atoms with Gasteiger partial charge in [0.2, 0.25) is 0 Å². The minimum absolute atomic E-state index is 0.161. The van der Waals surface area contributed by atoms with Gasteiger partial charge in [0.15, 0.2) is 5.60 Å². The second-order valence-corrected chi connectivity index (χ2v) is 6.96. The van der Waals surface area contributed by atoms with E-state index in [1.54, 1.807) is 0 Å². The zero-order valence-electron chi connectivity index (χ0n) is 16.8. The summed E-state index contributed by atoms with van der Waals surface area (Å²) in [6.07, 6.45) is 8.73. The number of carboxylic acid groups (broad SMARTS) is 1. The lowest BCUT2D eigenvalue weighted by molar-refractivity contribution is -0.173. The minimum atomic E-state index is -2.50. The molecule has 0 spiro atoms. The van der Waals surface area contributed by atoms with E-state index in [1.807, 2.05) is 6.92 Å². The molecule has 0 aliphatic rings. The molecule has 0 radical (unpaired) electrons. The minimum Gasteiger partial charge on any atom is -0.479 e. The summed E-state index contributed by atoms with van der Waals surface area (Å²) in [6.45, 7) is 4.44. The van der Waals surface area contributed by atoms with Crippen LogP contribution in [0.5, 0.6) is 0 Å². The Kier molecular flexibility index (Phi) is 14.5. The number of rotatable bonds is 17. The Morgan fingerprint density at radius 2 is 1.11 bits per heavy atom. The predicted molar refractivity (Wildman–Crippen MR) is 101 cm³/mol. The first-order chi connectivity index (χ1) is 12.9. The van der Waals surface area contributed by atoms with Crippen molar-refractivity contribution in [2.75, 3.05) is 13.2 Å². The third-order valence-electron chi connectivity index (χ3n) is 4.29. The first-order valence-corrected chi connectivity index (χ1v) is 10.1. The maximum absolute atomic E-state index is 11.8. The molecule has 0 saturated carbocycles. The van der Waals surface area contributed by atoms with Crippen molar-refractivity contribution < 1.29 is 34.1 Å². The Balaban J connectivity index is 4.07. The third kappa shape index (κ3) is 13.2. The number of carbonyl (C=O) groups is 3. The number of unbranched alkanes of at least 4 members (excludes halogenated alkanes) is 8. The van der Waals surface area contributed by atoms with Crippen LogP contribution >= 0.6 is 0 Å². The molecule has 1 unspecified atom stereocenters. The summed E-state index contributed by atoms with van der Waals surface area (Å²) in [5.41, 5.74) is -2.50. The van der Waals surface area contributed by atoms with E-state index < -0.39 is 36.4 Å². The highest BCUT2D eigenvalue weighted by atomic mass is 16.5. The zero-order chi connectivity index (χ0) is 20.5. The van der Waals surface area contributed by atoms with Gasteiger partial charge >= 0.3 is 17.9 Å². The molecule has 0 aromatic heterocycles. The van der Waals surface area contributed by atoms with Crippen LogP contribution in [0.2, 0.25) is 0 Å². The lowest BCUT2D eigenvalue weighted by Crippen LogP contribution is -2.43. The van der Waals surface area contributed by atoms with Crippen molar-refractivity contribution in [3.05, 3.63) is 0 Å². The van der Waals surface area contributed by atoms with E-state index in [4.69, 9.17) is 14.6 Å². The van der Waals surface area contributed by atoms with Crippen LogP contribution in [0, 0.1) is 0 Å². The van der Waals surface area contributed by atoms with Crippen molar-refractivity contribution in [1.82, 2.24) is 0 Å². The molecule has 0 aliphatic heterocycles. The summed E-state index contributed by atoms with van der Waals surface area (Å²) >= 11 is 0. The lowest BCUT2D eigenvalue weighted by atomic mass is 9.96. The molecule has 0 heterocycles. The van der Waals surface area contributed by atoms with Gasteiger partial charge < -0.3 is 19.7 Å². The lowest BCUT2D eigenvalue weighted by Gasteiger charge is -2.21. The van der Waals surface area contributed by atoms with Crippen LogP contribution in [0.4, 0.5) is 0 Å². The van der Waals surface area contributed by atoms with Crippen LogP contribution < -0.4 is 0 Å². The summed E-state index contributed by atoms with van der Waals surface area (Å²) in [5.74, 6) is -3.31. The number of aliphatic hydroxyl groups is 1. The van der Waals surface area contributed by atoms with Gasteiger partial charge in [0.25, 0.3) is 0 Å². The highest BCUT2D eigenvalue weighted by molar-refractivity contribution is 5.88. The quantitative estimate of drug-likeness (QED) is 0.289. The van der Waals surface area contributed by atoms with E-state index in [0.29, 0.717) is 12.8 Å². The van der Waals surface area contributed by atoms with E-state index in [2.05, 4.69) is 6.92 Å². The summed E-state index contributed by atoms with van der Waals surface area (Å²) in [4.78, 5) is 34.7. The van der Waals surface area contributed by atoms with Gasteiger partial charge in [-0.1, -0.05) is 65.2 Å². The van der Waals surface area contributed by atoms with Gasteiger partial charge in [-0.25, -0.2) is 4.79 Å². The number of esters is 2. The molecule has 2 N–H and O–H groups in total. The number of carbonyl (C=O) groups excluding carboxylic acids is 2. The average Bonchev–Trinajstić information content (AvgIpc) is 2.60. The van der Waals surface area contributed by atoms with E-state index in [9.17, 15) is 19.5 Å². The van der Waals surface area contributed by atoms with Gasteiger partial charge in [0, 0.05) is 0 Å². The Bertz CT molecular complexity index is 436. The highest BCUT2D eigenvalue weighted by Crippen LogP contribution is 2.18. The van der Waals surface area contributed by atoms with Crippen LogP contribution in [-0.2, 0) is 23.9 Å². The van der Waals surface area contributed by atoms with E-state index >= 15 is 0 Å². The smallest absolute Gasteiger partial charge is 0.336 e. The van der Waals surface area contributed by atoms with E-state index in [0.717, 1.165) is 25.7 Å². The number of ether oxygens (including phenoxy) is 2. The maximum atomic E-state index is 11.8. The zero-order valence-corrected chi connectivity index (χ0v) is 16.8. The Morgan fingerprint density at radius 1 is 0.704 bits per heavy atom. The molecule has 7 heteroatoms. The Labute approximate surface area is 162 Å². The number of carboxylic acids is 1. The van der Waals surface area contributed by atoms with Gasteiger partial charge in [-0.2, -0.15) is 0 Å². The Hall–Kier alpha value is -1.63. The molecule has 0 fully saturated rings. The molecule has 0 rings (SSSR count).